The highest BCUT2D eigenvalue weighted by molar-refractivity contribution is 6.76. The summed E-state index contributed by atoms with van der Waals surface area (Å²) in [7, 11) is -2.42. The number of hydrogen-bond donors (Lipinski definition) is 0. The number of hydrogen-bond acceptors (Lipinski definition) is 7. The number of ether oxygens (including phenoxy) is 2. The molecule has 3 heterocycles. The molecule has 2 fully saturated rings. The van der Waals surface area contributed by atoms with Gasteiger partial charge in [-0.1, -0.05) is 58.2 Å². The Balaban J connectivity index is 1.51. The van der Waals surface area contributed by atoms with E-state index in [1.165, 1.54) is 32.1 Å². The van der Waals surface area contributed by atoms with Gasteiger partial charge in [0, 0.05) is 64.4 Å². The maximum Gasteiger partial charge on any atom is 0.168 e. The van der Waals surface area contributed by atoms with Crippen LogP contribution in [0.4, 0.5) is 5.82 Å². The Morgan fingerprint density at radius 2 is 1.57 bits per heavy atom. The Labute approximate surface area is 253 Å². The predicted molar refractivity (Wildman–Crippen MR) is 175 cm³/mol. The van der Waals surface area contributed by atoms with Crippen LogP contribution >= 0.6 is 0 Å². The van der Waals surface area contributed by atoms with E-state index in [4.69, 9.17) is 19.6 Å². The first kappa shape index (κ1) is 31.0. The minimum Gasteiger partial charge on any atom is -0.361 e. The predicted octanol–water partition coefficient (Wildman–Crippen LogP) is 7.33. The second-order valence-corrected chi connectivity index (χ2v) is 26.1. The van der Waals surface area contributed by atoms with Gasteiger partial charge in [0.25, 0.3) is 0 Å². The van der Waals surface area contributed by atoms with Crippen molar-refractivity contribution < 1.29 is 14.3 Å². The topological polar surface area (TPSA) is 81.9 Å². The number of pyridine rings is 1. The molecule has 8 nitrogen and oxygen atoms in total. The van der Waals surface area contributed by atoms with Crippen LogP contribution in [-0.4, -0.2) is 68.7 Å². The Morgan fingerprint density at radius 3 is 2.12 bits per heavy atom. The quantitative estimate of drug-likeness (QED) is 0.0821. The minimum absolute atomic E-state index is 0.416. The SMILES string of the molecule is C[Si](C)(C)CCOCN(COCC[Si](C)(C)C)c1cc([C@H]2C[C@@H]3CC[C@@H](C3)C2)nc2c(-c3ccc(C=O)nc3)cnn12. The molecule has 2 saturated carbocycles. The zero-order valence-corrected chi connectivity index (χ0v) is 28.4. The molecule has 3 aromatic rings. The van der Waals surface area contributed by atoms with E-state index in [2.05, 4.69) is 55.2 Å². The summed E-state index contributed by atoms with van der Waals surface area (Å²) in [5, 5.41) is 4.84. The van der Waals surface area contributed by atoms with Crippen molar-refractivity contribution in [1.82, 2.24) is 19.6 Å². The summed E-state index contributed by atoms with van der Waals surface area (Å²) in [6, 6.07) is 8.17. The summed E-state index contributed by atoms with van der Waals surface area (Å²) in [6.07, 6.45) is 10.9. The molecule has 0 spiro atoms. The fraction of sp³-hybridized carbons (Fsp3) is 0.625. The minimum atomic E-state index is -1.21. The molecule has 0 unspecified atom stereocenters. The number of fused-ring (bicyclic) bond motifs is 3. The van der Waals surface area contributed by atoms with Gasteiger partial charge < -0.3 is 14.4 Å². The fourth-order valence-electron chi connectivity index (χ4n) is 6.26. The third-order valence-corrected chi connectivity index (χ3v) is 12.2. The summed E-state index contributed by atoms with van der Waals surface area (Å²) in [4.78, 5) is 23.0. The van der Waals surface area contributed by atoms with E-state index < -0.39 is 16.1 Å². The molecule has 2 aliphatic rings. The van der Waals surface area contributed by atoms with Crippen LogP contribution in [-0.2, 0) is 9.47 Å². The van der Waals surface area contributed by atoms with Gasteiger partial charge in [-0.2, -0.15) is 9.61 Å². The van der Waals surface area contributed by atoms with Crippen LogP contribution < -0.4 is 4.90 Å². The average molecular weight is 608 g/mol. The number of carbonyl (C=O) groups is 1. The molecule has 5 rings (SSSR count). The van der Waals surface area contributed by atoms with Crippen LogP contribution in [0.25, 0.3) is 16.8 Å². The summed E-state index contributed by atoms with van der Waals surface area (Å²) < 4.78 is 14.5. The van der Waals surface area contributed by atoms with Gasteiger partial charge in [-0.15, -0.1) is 0 Å². The molecular formula is C32H49N5O3Si2. The second-order valence-electron chi connectivity index (χ2n) is 14.9. The highest BCUT2D eigenvalue weighted by Crippen LogP contribution is 2.48. The Kier molecular flexibility index (Phi) is 9.66. The van der Waals surface area contributed by atoms with Crippen molar-refractivity contribution in [1.29, 1.82) is 0 Å². The molecule has 0 saturated heterocycles. The van der Waals surface area contributed by atoms with Gasteiger partial charge in [-0.3, -0.25) is 9.78 Å². The van der Waals surface area contributed by atoms with Crippen molar-refractivity contribution in [2.45, 2.75) is 89.4 Å². The molecule has 2 aliphatic carbocycles. The highest BCUT2D eigenvalue weighted by atomic mass is 28.3. The number of anilines is 1. The lowest BCUT2D eigenvalue weighted by molar-refractivity contribution is 0.0942. The lowest BCUT2D eigenvalue weighted by atomic mass is 9.79. The molecular weight excluding hydrogens is 559 g/mol. The molecule has 0 aromatic carbocycles. The summed E-state index contributed by atoms with van der Waals surface area (Å²) in [6.45, 7) is 16.7. The first-order chi connectivity index (χ1) is 20.0. The average Bonchev–Trinajstić information content (AvgIpc) is 3.52. The van der Waals surface area contributed by atoms with E-state index in [0.29, 0.717) is 25.1 Å². The molecule has 228 valence electrons. The number of rotatable bonds is 14. The third-order valence-electron chi connectivity index (χ3n) is 8.81. The van der Waals surface area contributed by atoms with Crippen molar-refractivity contribution in [3.63, 3.8) is 0 Å². The van der Waals surface area contributed by atoms with Gasteiger partial charge in [0.05, 0.1) is 6.20 Å². The van der Waals surface area contributed by atoms with Crippen LogP contribution in [0.15, 0.2) is 30.6 Å². The summed E-state index contributed by atoms with van der Waals surface area (Å²) in [5.41, 5.74) is 4.19. The smallest absolute Gasteiger partial charge is 0.168 e. The lowest BCUT2D eigenvalue weighted by Gasteiger charge is -2.30. The van der Waals surface area contributed by atoms with Crippen molar-refractivity contribution in [2.24, 2.45) is 11.8 Å². The fourth-order valence-corrected chi connectivity index (χ4v) is 7.78. The second kappa shape index (κ2) is 13.1. The van der Waals surface area contributed by atoms with Crippen LogP contribution in [0.2, 0.25) is 51.4 Å². The van der Waals surface area contributed by atoms with E-state index in [1.54, 1.807) is 12.3 Å². The lowest BCUT2D eigenvalue weighted by Crippen LogP contribution is -2.33. The first-order valence-electron chi connectivity index (χ1n) is 15.7. The van der Waals surface area contributed by atoms with Crippen LogP contribution in [0.5, 0.6) is 0 Å². The van der Waals surface area contributed by atoms with E-state index in [9.17, 15) is 4.79 Å². The van der Waals surface area contributed by atoms with E-state index in [1.807, 2.05) is 16.8 Å². The Hall–Kier alpha value is -2.41. The maximum atomic E-state index is 11.2. The number of carbonyl (C=O) groups excluding carboxylic acids is 1. The normalized spacial score (nSPS) is 20.8. The van der Waals surface area contributed by atoms with Gasteiger partial charge in [-0.25, -0.2) is 4.98 Å². The largest absolute Gasteiger partial charge is 0.361 e. The van der Waals surface area contributed by atoms with E-state index in [-0.39, 0.29) is 0 Å². The zero-order valence-electron chi connectivity index (χ0n) is 26.4. The molecule has 10 heteroatoms. The van der Waals surface area contributed by atoms with Crippen molar-refractivity contribution in [3.05, 3.63) is 42.0 Å². The Bertz CT molecular complexity index is 1320. The standard InChI is InChI=1S/C32H49N5O3Si2/c1-41(2,3)13-11-39-22-36(23-40-12-14-42(4,5)6)31-18-30(27-16-24-7-8-25(15-24)17-27)35-32-29(20-34-37(31)32)26-9-10-28(21-38)33-19-26/h9-10,18-21,24-25,27H,7-8,11-17,22-23H2,1-6H3/t24-,25+,27+. The molecule has 0 radical (unpaired) electrons. The number of aldehydes is 1. The third kappa shape index (κ3) is 7.95. The molecule has 3 aromatic heterocycles. The summed E-state index contributed by atoms with van der Waals surface area (Å²) >= 11 is 0. The van der Waals surface area contributed by atoms with Crippen LogP contribution in [0, 0.1) is 11.8 Å². The molecule has 42 heavy (non-hydrogen) atoms. The maximum absolute atomic E-state index is 11.2. The highest BCUT2D eigenvalue weighted by Gasteiger charge is 2.36. The van der Waals surface area contributed by atoms with Gasteiger partial charge in [0.2, 0.25) is 0 Å². The van der Waals surface area contributed by atoms with Crippen molar-refractivity contribution in [3.8, 4) is 11.1 Å². The summed E-state index contributed by atoms with van der Waals surface area (Å²) in [5.74, 6) is 3.02. The van der Waals surface area contributed by atoms with Gasteiger partial charge in [-0.05, 0) is 49.3 Å². The van der Waals surface area contributed by atoms with E-state index in [0.717, 1.165) is 71.7 Å². The number of aromatic nitrogens is 4. The molecule has 0 N–H and O–H groups in total. The van der Waals surface area contributed by atoms with E-state index >= 15 is 0 Å². The van der Waals surface area contributed by atoms with Crippen molar-refractivity contribution >= 4 is 33.9 Å². The number of nitrogens with zero attached hydrogens (tertiary/aromatic N) is 5. The Morgan fingerprint density at radius 1 is 0.929 bits per heavy atom. The van der Waals surface area contributed by atoms with Crippen LogP contribution in [0.3, 0.4) is 0 Å². The van der Waals surface area contributed by atoms with Gasteiger partial charge >= 0.3 is 0 Å². The molecule has 0 amide bonds. The zero-order chi connectivity index (χ0) is 29.9. The van der Waals surface area contributed by atoms with Crippen LogP contribution in [0.1, 0.15) is 54.2 Å². The van der Waals surface area contributed by atoms with Gasteiger partial charge in [0.15, 0.2) is 11.9 Å². The molecule has 3 atom stereocenters. The van der Waals surface area contributed by atoms with Crippen molar-refractivity contribution in [2.75, 3.05) is 31.6 Å². The monoisotopic (exact) mass is 607 g/mol. The molecule has 0 aliphatic heterocycles. The molecule has 2 bridgehead atoms. The first-order valence-corrected chi connectivity index (χ1v) is 23.1. The van der Waals surface area contributed by atoms with Gasteiger partial charge in [0.1, 0.15) is 25.0 Å².